The van der Waals surface area contributed by atoms with E-state index in [4.69, 9.17) is 0 Å². The fourth-order valence-corrected chi connectivity index (χ4v) is 2.39. The number of nitrogens with one attached hydrogen (secondary N) is 1. The first-order valence-electron chi connectivity index (χ1n) is 5.38. The van der Waals surface area contributed by atoms with Crippen molar-refractivity contribution < 1.29 is 0 Å². The Morgan fingerprint density at radius 2 is 2.25 bits per heavy atom. The highest BCUT2D eigenvalue weighted by Gasteiger charge is 2.22. The molecular weight excluding hydrogens is 266 g/mol. The van der Waals surface area contributed by atoms with Crippen molar-refractivity contribution in [3.63, 3.8) is 0 Å². The van der Waals surface area contributed by atoms with Gasteiger partial charge in [0.25, 0.3) is 0 Å². The summed E-state index contributed by atoms with van der Waals surface area (Å²) in [7, 11) is 4.15. The molecule has 1 aromatic carbocycles. The van der Waals surface area contributed by atoms with Crippen LogP contribution in [0.5, 0.6) is 0 Å². The molecule has 86 valence electrons. The van der Waals surface area contributed by atoms with Crippen LogP contribution in [0.1, 0.15) is 11.6 Å². The van der Waals surface area contributed by atoms with Gasteiger partial charge in [0.05, 0.1) is 12.6 Å². The van der Waals surface area contributed by atoms with Gasteiger partial charge in [0, 0.05) is 11.0 Å². The van der Waals surface area contributed by atoms with E-state index in [-0.39, 0.29) is 6.04 Å². The maximum absolute atomic E-state index is 4.51. The van der Waals surface area contributed by atoms with Crippen LogP contribution in [-0.4, -0.2) is 37.9 Å². The molecule has 2 rings (SSSR count). The highest BCUT2D eigenvalue weighted by molar-refractivity contribution is 9.10. The van der Waals surface area contributed by atoms with Crippen LogP contribution in [0.15, 0.2) is 33.7 Å². The number of rotatable bonds is 3. The third-order valence-corrected chi connectivity index (χ3v) is 3.13. The normalized spacial score (nSPS) is 17.1. The standard InChI is InChI=1S/C12H16BrN3/c1-16(2)11(12-14-6-7-15-12)9-4-3-5-10(13)8-9/h3-5,8,11H,6-7H2,1-2H3,(H,14,15). The van der Waals surface area contributed by atoms with Gasteiger partial charge in [-0.25, -0.2) is 0 Å². The molecule has 0 spiro atoms. The van der Waals surface area contributed by atoms with E-state index in [1.165, 1.54) is 5.56 Å². The molecule has 1 unspecified atom stereocenters. The first kappa shape index (κ1) is 11.6. The van der Waals surface area contributed by atoms with Crippen molar-refractivity contribution in [3.8, 4) is 0 Å². The van der Waals surface area contributed by atoms with E-state index in [0.717, 1.165) is 23.4 Å². The van der Waals surface area contributed by atoms with Crippen molar-refractivity contribution in [1.82, 2.24) is 10.2 Å². The molecule has 0 bridgehead atoms. The summed E-state index contributed by atoms with van der Waals surface area (Å²) in [6, 6.07) is 8.61. The molecule has 1 aromatic rings. The minimum absolute atomic E-state index is 0.222. The fourth-order valence-electron chi connectivity index (χ4n) is 1.98. The Morgan fingerprint density at radius 1 is 1.44 bits per heavy atom. The highest BCUT2D eigenvalue weighted by atomic mass is 79.9. The van der Waals surface area contributed by atoms with E-state index >= 15 is 0 Å². The maximum atomic E-state index is 4.51. The number of likely N-dealkylation sites (N-methyl/N-ethyl adjacent to an activating group) is 1. The van der Waals surface area contributed by atoms with Crippen LogP contribution in [-0.2, 0) is 0 Å². The SMILES string of the molecule is CN(C)C(C1=NCCN1)c1cccc(Br)c1. The number of halogens is 1. The lowest BCUT2D eigenvalue weighted by molar-refractivity contribution is 0.365. The van der Waals surface area contributed by atoms with Crippen LogP contribution < -0.4 is 5.32 Å². The lowest BCUT2D eigenvalue weighted by Crippen LogP contribution is -2.34. The van der Waals surface area contributed by atoms with Crippen molar-refractivity contribution in [2.45, 2.75) is 6.04 Å². The summed E-state index contributed by atoms with van der Waals surface area (Å²) in [5.41, 5.74) is 1.26. The quantitative estimate of drug-likeness (QED) is 0.919. The van der Waals surface area contributed by atoms with Gasteiger partial charge in [-0.15, -0.1) is 0 Å². The van der Waals surface area contributed by atoms with Gasteiger partial charge in [0.15, 0.2) is 0 Å². The van der Waals surface area contributed by atoms with E-state index in [2.05, 4.69) is 63.4 Å². The molecule has 0 fully saturated rings. The highest BCUT2D eigenvalue weighted by Crippen LogP contribution is 2.23. The van der Waals surface area contributed by atoms with Crippen molar-refractivity contribution in [2.75, 3.05) is 27.2 Å². The molecule has 1 aliphatic heterocycles. The van der Waals surface area contributed by atoms with Crippen LogP contribution in [0.4, 0.5) is 0 Å². The van der Waals surface area contributed by atoms with Crippen LogP contribution in [0.3, 0.4) is 0 Å². The van der Waals surface area contributed by atoms with Gasteiger partial charge in [0.2, 0.25) is 0 Å². The Hall–Kier alpha value is -0.870. The zero-order chi connectivity index (χ0) is 11.5. The van der Waals surface area contributed by atoms with E-state index in [9.17, 15) is 0 Å². The van der Waals surface area contributed by atoms with Crippen molar-refractivity contribution in [3.05, 3.63) is 34.3 Å². The van der Waals surface area contributed by atoms with Gasteiger partial charge in [0.1, 0.15) is 5.84 Å². The Morgan fingerprint density at radius 3 is 2.81 bits per heavy atom. The second-order valence-corrected chi connectivity index (χ2v) is 5.03. The molecule has 1 aliphatic rings. The number of hydrogen-bond acceptors (Lipinski definition) is 3. The molecule has 1 atom stereocenters. The number of nitrogens with zero attached hydrogens (tertiary/aromatic N) is 2. The molecule has 0 saturated heterocycles. The average Bonchev–Trinajstić information content (AvgIpc) is 2.71. The predicted molar refractivity (Wildman–Crippen MR) is 70.9 cm³/mol. The van der Waals surface area contributed by atoms with Crippen LogP contribution >= 0.6 is 15.9 Å². The molecule has 4 heteroatoms. The van der Waals surface area contributed by atoms with Gasteiger partial charge in [-0.2, -0.15) is 0 Å². The summed E-state index contributed by atoms with van der Waals surface area (Å²) < 4.78 is 1.11. The third-order valence-electron chi connectivity index (χ3n) is 2.64. The summed E-state index contributed by atoms with van der Waals surface area (Å²) in [6.45, 7) is 1.83. The molecule has 1 heterocycles. The first-order valence-corrected chi connectivity index (χ1v) is 6.18. The van der Waals surface area contributed by atoms with Crippen molar-refractivity contribution in [2.24, 2.45) is 4.99 Å². The van der Waals surface area contributed by atoms with Crippen LogP contribution in [0.25, 0.3) is 0 Å². The second kappa shape index (κ2) is 4.97. The Labute approximate surface area is 105 Å². The first-order chi connectivity index (χ1) is 7.68. The predicted octanol–water partition coefficient (Wildman–Crippen LogP) is 2.05. The molecule has 3 nitrogen and oxygen atoms in total. The van der Waals surface area contributed by atoms with Crippen molar-refractivity contribution >= 4 is 21.8 Å². The largest absolute Gasteiger partial charge is 0.370 e. The van der Waals surface area contributed by atoms with E-state index in [0.29, 0.717) is 0 Å². The maximum Gasteiger partial charge on any atom is 0.119 e. The number of hydrogen-bond donors (Lipinski definition) is 1. The molecule has 0 radical (unpaired) electrons. The zero-order valence-corrected chi connectivity index (χ0v) is 11.2. The zero-order valence-electron chi connectivity index (χ0n) is 9.57. The Bertz CT molecular complexity index is 401. The number of aliphatic imine (C=N–C) groups is 1. The molecule has 0 saturated carbocycles. The summed E-state index contributed by atoms with van der Waals surface area (Å²) in [5.74, 6) is 1.07. The number of benzene rings is 1. The van der Waals surface area contributed by atoms with Crippen LogP contribution in [0.2, 0.25) is 0 Å². The minimum Gasteiger partial charge on any atom is -0.370 e. The topological polar surface area (TPSA) is 27.6 Å². The summed E-state index contributed by atoms with van der Waals surface area (Å²) in [5, 5.41) is 3.35. The smallest absolute Gasteiger partial charge is 0.119 e. The molecule has 0 amide bonds. The van der Waals surface area contributed by atoms with E-state index in [1.807, 2.05) is 6.07 Å². The van der Waals surface area contributed by atoms with Gasteiger partial charge >= 0.3 is 0 Å². The molecule has 0 aliphatic carbocycles. The molecule has 16 heavy (non-hydrogen) atoms. The monoisotopic (exact) mass is 281 g/mol. The summed E-state index contributed by atoms with van der Waals surface area (Å²) in [4.78, 5) is 6.69. The van der Waals surface area contributed by atoms with Gasteiger partial charge in [-0.05, 0) is 31.8 Å². The second-order valence-electron chi connectivity index (χ2n) is 4.11. The Kier molecular flexibility index (Phi) is 3.61. The van der Waals surface area contributed by atoms with Gasteiger partial charge in [-0.1, -0.05) is 28.1 Å². The average molecular weight is 282 g/mol. The summed E-state index contributed by atoms with van der Waals surface area (Å²) in [6.07, 6.45) is 0. The van der Waals surface area contributed by atoms with Gasteiger partial charge < -0.3 is 5.32 Å². The fraction of sp³-hybridized carbons (Fsp3) is 0.417. The lowest BCUT2D eigenvalue weighted by atomic mass is 10.1. The van der Waals surface area contributed by atoms with Crippen LogP contribution in [0, 0.1) is 0 Å². The summed E-state index contributed by atoms with van der Waals surface area (Å²) >= 11 is 3.51. The minimum atomic E-state index is 0.222. The number of amidine groups is 1. The Balaban J connectivity index is 2.32. The molecule has 1 N–H and O–H groups in total. The molecular formula is C12H16BrN3. The lowest BCUT2D eigenvalue weighted by Gasteiger charge is -2.25. The molecule has 0 aromatic heterocycles. The van der Waals surface area contributed by atoms with E-state index < -0.39 is 0 Å². The third kappa shape index (κ3) is 2.44. The van der Waals surface area contributed by atoms with Crippen molar-refractivity contribution in [1.29, 1.82) is 0 Å². The van der Waals surface area contributed by atoms with Gasteiger partial charge in [-0.3, -0.25) is 9.89 Å². The van der Waals surface area contributed by atoms with E-state index in [1.54, 1.807) is 0 Å².